The van der Waals surface area contributed by atoms with Gasteiger partial charge in [0.15, 0.2) is 0 Å². The van der Waals surface area contributed by atoms with E-state index in [1.807, 2.05) is 86.6 Å². The molecule has 0 saturated carbocycles. The van der Waals surface area contributed by atoms with Gasteiger partial charge in [0.1, 0.15) is 0 Å². The van der Waals surface area contributed by atoms with Gasteiger partial charge in [-0.05, 0) is 35.2 Å². The molecule has 1 unspecified atom stereocenters. The molecule has 0 spiro atoms. The smallest absolute Gasteiger partial charge is 0.354 e. The Morgan fingerprint density at radius 2 is 1.74 bits per heavy atom. The standard InChI is InChI=1S/C28H30N2O4/c1-4-33-27(32)28(17-20-11-6-5-7-12-20)18-24(30-34-28)25(19(2)3)29-26(31)23-16-10-14-21-13-8-9-15-22(21)23/h5-16,19,25H,4,17-18H2,1-3H3,(H,29,31)/t25-,28?/m0/s1. The monoisotopic (exact) mass is 458 g/mol. The molecule has 1 heterocycles. The van der Waals surface area contributed by atoms with Crippen LogP contribution < -0.4 is 5.32 Å². The Morgan fingerprint density at radius 3 is 2.47 bits per heavy atom. The average Bonchev–Trinajstić information content (AvgIpc) is 3.27. The molecule has 3 aromatic rings. The summed E-state index contributed by atoms with van der Waals surface area (Å²) in [6, 6.07) is 22.8. The number of esters is 1. The van der Waals surface area contributed by atoms with Crippen LogP contribution in [0, 0.1) is 5.92 Å². The number of benzene rings is 3. The van der Waals surface area contributed by atoms with Crippen molar-refractivity contribution < 1.29 is 19.2 Å². The second kappa shape index (κ2) is 10.1. The molecule has 0 radical (unpaired) electrons. The second-order valence-electron chi connectivity index (χ2n) is 8.95. The van der Waals surface area contributed by atoms with Gasteiger partial charge >= 0.3 is 5.97 Å². The molecule has 1 N–H and O–H groups in total. The van der Waals surface area contributed by atoms with Gasteiger partial charge in [-0.25, -0.2) is 4.79 Å². The van der Waals surface area contributed by atoms with E-state index >= 15 is 0 Å². The van der Waals surface area contributed by atoms with Gasteiger partial charge in [-0.1, -0.05) is 85.7 Å². The Morgan fingerprint density at radius 1 is 1.03 bits per heavy atom. The zero-order chi connectivity index (χ0) is 24.1. The summed E-state index contributed by atoms with van der Waals surface area (Å²) in [5.41, 5.74) is 0.939. The highest BCUT2D eigenvalue weighted by molar-refractivity contribution is 6.09. The number of nitrogens with one attached hydrogen (secondary N) is 1. The predicted octanol–water partition coefficient (Wildman–Crippen LogP) is 4.92. The van der Waals surface area contributed by atoms with Crippen LogP contribution in [0.5, 0.6) is 0 Å². The Balaban J connectivity index is 1.58. The van der Waals surface area contributed by atoms with Crippen LogP contribution in [0.2, 0.25) is 0 Å². The molecule has 1 aliphatic rings. The van der Waals surface area contributed by atoms with Crippen LogP contribution in [0.25, 0.3) is 10.8 Å². The average molecular weight is 459 g/mol. The second-order valence-corrected chi connectivity index (χ2v) is 8.95. The molecule has 3 aromatic carbocycles. The Labute approximate surface area is 199 Å². The van der Waals surface area contributed by atoms with Crippen molar-refractivity contribution >= 4 is 28.4 Å². The van der Waals surface area contributed by atoms with Crippen molar-refractivity contribution in [3.05, 3.63) is 83.9 Å². The number of nitrogens with zero attached hydrogens (tertiary/aromatic N) is 1. The topological polar surface area (TPSA) is 77.0 Å². The summed E-state index contributed by atoms with van der Waals surface area (Å²) in [7, 11) is 0. The van der Waals surface area contributed by atoms with Gasteiger partial charge in [0.05, 0.1) is 18.4 Å². The summed E-state index contributed by atoms with van der Waals surface area (Å²) in [6.45, 7) is 6.04. The summed E-state index contributed by atoms with van der Waals surface area (Å²) in [5.74, 6) is -0.591. The first-order chi connectivity index (χ1) is 16.4. The number of ether oxygens (including phenoxy) is 1. The lowest BCUT2D eigenvalue weighted by Gasteiger charge is -2.26. The largest absolute Gasteiger partial charge is 0.463 e. The fourth-order valence-corrected chi connectivity index (χ4v) is 4.41. The molecular weight excluding hydrogens is 428 g/mol. The molecule has 1 aliphatic heterocycles. The van der Waals surface area contributed by atoms with Gasteiger partial charge in [0, 0.05) is 18.4 Å². The van der Waals surface area contributed by atoms with Gasteiger partial charge in [0.2, 0.25) is 5.60 Å². The van der Waals surface area contributed by atoms with Crippen molar-refractivity contribution in [2.45, 2.75) is 45.3 Å². The maximum absolute atomic E-state index is 13.3. The summed E-state index contributed by atoms with van der Waals surface area (Å²) in [5, 5.41) is 9.35. The summed E-state index contributed by atoms with van der Waals surface area (Å²) >= 11 is 0. The van der Waals surface area contributed by atoms with Crippen molar-refractivity contribution in [3.63, 3.8) is 0 Å². The van der Waals surface area contributed by atoms with Crippen LogP contribution >= 0.6 is 0 Å². The molecule has 0 aromatic heterocycles. The van der Waals surface area contributed by atoms with E-state index in [1.54, 1.807) is 6.92 Å². The zero-order valence-corrected chi connectivity index (χ0v) is 19.8. The molecule has 1 amide bonds. The SMILES string of the molecule is CCOC(=O)C1(Cc2ccccc2)CC([C@@H](NC(=O)c2cccc3ccccc23)C(C)C)=NO1. The first-order valence-electron chi connectivity index (χ1n) is 11.7. The van der Waals surface area contributed by atoms with E-state index in [1.165, 1.54) is 0 Å². The third-order valence-corrected chi connectivity index (χ3v) is 6.13. The predicted molar refractivity (Wildman–Crippen MR) is 133 cm³/mol. The molecule has 6 nitrogen and oxygen atoms in total. The number of carbonyl (C=O) groups excluding carboxylic acids is 2. The van der Waals surface area contributed by atoms with Crippen molar-refractivity contribution in [1.29, 1.82) is 0 Å². The molecule has 2 atom stereocenters. The molecule has 0 bridgehead atoms. The van der Waals surface area contributed by atoms with Crippen LogP contribution in [-0.2, 0) is 20.8 Å². The van der Waals surface area contributed by atoms with Crippen molar-refractivity contribution in [2.24, 2.45) is 11.1 Å². The molecular formula is C28H30N2O4. The third-order valence-electron chi connectivity index (χ3n) is 6.13. The van der Waals surface area contributed by atoms with Crippen LogP contribution in [-0.4, -0.2) is 35.8 Å². The van der Waals surface area contributed by atoms with Crippen LogP contribution in [0.1, 0.15) is 43.1 Å². The fourth-order valence-electron chi connectivity index (χ4n) is 4.41. The molecule has 0 fully saturated rings. The molecule has 0 saturated heterocycles. The summed E-state index contributed by atoms with van der Waals surface area (Å²) < 4.78 is 5.36. The highest BCUT2D eigenvalue weighted by Crippen LogP contribution is 2.32. The highest BCUT2D eigenvalue weighted by atomic mass is 16.7. The van der Waals surface area contributed by atoms with E-state index in [4.69, 9.17) is 9.57 Å². The quantitative estimate of drug-likeness (QED) is 0.487. The molecule has 6 heteroatoms. The lowest BCUT2D eigenvalue weighted by molar-refractivity contribution is -0.168. The summed E-state index contributed by atoms with van der Waals surface area (Å²) in [6.07, 6.45) is 0.584. The van der Waals surface area contributed by atoms with E-state index < -0.39 is 17.6 Å². The Bertz CT molecular complexity index is 1200. The van der Waals surface area contributed by atoms with Crippen LogP contribution in [0.15, 0.2) is 78.0 Å². The van der Waals surface area contributed by atoms with Crippen molar-refractivity contribution in [3.8, 4) is 0 Å². The lowest BCUT2D eigenvalue weighted by atomic mass is 9.85. The fraction of sp³-hybridized carbons (Fsp3) is 0.321. The zero-order valence-electron chi connectivity index (χ0n) is 19.8. The molecule has 4 rings (SSSR count). The van der Waals surface area contributed by atoms with E-state index in [9.17, 15) is 9.59 Å². The van der Waals surface area contributed by atoms with Crippen LogP contribution in [0.4, 0.5) is 0 Å². The lowest BCUT2D eigenvalue weighted by Crippen LogP contribution is -2.48. The van der Waals surface area contributed by atoms with Gasteiger partial charge in [-0.2, -0.15) is 0 Å². The highest BCUT2D eigenvalue weighted by Gasteiger charge is 2.50. The molecule has 0 aliphatic carbocycles. The van der Waals surface area contributed by atoms with Gasteiger partial charge in [-0.3, -0.25) is 4.79 Å². The Kier molecular flexibility index (Phi) is 6.96. The Hall–Kier alpha value is -3.67. The van der Waals surface area contributed by atoms with Crippen LogP contribution in [0.3, 0.4) is 0 Å². The number of carbonyl (C=O) groups is 2. The molecule has 34 heavy (non-hydrogen) atoms. The number of oxime groups is 1. The minimum Gasteiger partial charge on any atom is -0.463 e. The number of fused-ring (bicyclic) bond motifs is 1. The number of hydrogen-bond acceptors (Lipinski definition) is 5. The first kappa shape index (κ1) is 23.5. The van der Waals surface area contributed by atoms with E-state index in [2.05, 4.69) is 10.5 Å². The van der Waals surface area contributed by atoms with Gasteiger partial charge in [0.25, 0.3) is 5.91 Å². The first-order valence-corrected chi connectivity index (χ1v) is 11.7. The maximum atomic E-state index is 13.3. The third kappa shape index (κ3) is 4.81. The normalized spacial score (nSPS) is 18.3. The summed E-state index contributed by atoms with van der Waals surface area (Å²) in [4.78, 5) is 32.1. The minimum atomic E-state index is -1.25. The maximum Gasteiger partial charge on any atom is 0.354 e. The number of amides is 1. The number of rotatable bonds is 8. The van der Waals surface area contributed by atoms with Crippen molar-refractivity contribution in [1.82, 2.24) is 5.32 Å². The van der Waals surface area contributed by atoms with E-state index in [-0.39, 0.29) is 24.9 Å². The van der Waals surface area contributed by atoms with E-state index in [0.29, 0.717) is 17.7 Å². The molecule has 176 valence electrons. The van der Waals surface area contributed by atoms with Gasteiger partial charge < -0.3 is 14.9 Å². The van der Waals surface area contributed by atoms with Gasteiger partial charge in [-0.15, -0.1) is 0 Å². The van der Waals surface area contributed by atoms with Crippen molar-refractivity contribution in [2.75, 3.05) is 6.61 Å². The minimum absolute atomic E-state index is 0.0380. The number of hydrogen-bond donors (Lipinski definition) is 1. The van der Waals surface area contributed by atoms with E-state index in [0.717, 1.165) is 16.3 Å².